The summed E-state index contributed by atoms with van der Waals surface area (Å²) in [5.74, 6) is 0.415. The second kappa shape index (κ2) is 4.46. The average Bonchev–Trinajstić information content (AvgIpc) is 2.83. The van der Waals surface area contributed by atoms with E-state index in [1.54, 1.807) is 0 Å². The number of benzene rings is 1. The van der Waals surface area contributed by atoms with E-state index in [1.165, 1.54) is 25.0 Å². The van der Waals surface area contributed by atoms with Crippen molar-refractivity contribution in [2.75, 3.05) is 0 Å². The molecular formula is C13H16BrFO. The molecule has 1 nitrogen and oxygen atoms in total. The highest BCUT2D eigenvalue weighted by Gasteiger charge is 2.31. The summed E-state index contributed by atoms with van der Waals surface area (Å²) >= 11 is 3.26. The van der Waals surface area contributed by atoms with Crippen molar-refractivity contribution in [2.24, 2.45) is 5.92 Å². The molecule has 16 heavy (non-hydrogen) atoms. The third-order valence-electron chi connectivity index (χ3n) is 2.93. The van der Waals surface area contributed by atoms with E-state index in [2.05, 4.69) is 15.9 Å². The van der Waals surface area contributed by atoms with Gasteiger partial charge in [0.25, 0.3) is 0 Å². The molecule has 1 aliphatic carbocycles. The predicted molar refractivity (Wildman–Crippen MR) is 65.8 cm³/mol. The van der Waals surface area contributed by atoms with E-state index in [0.717, 1.165) is 16.5 Å². The Balaban J connectivity index is 2.06. The van der Waals surface area contributed by atoms with Gasteiger partial charge in [-0.25, -0.2) is 4.39 Å². The Morgan fingerprint density at radius 1 is 1.44 bits per heavy atom. The van der Waals surface area contributed by atoms with Crippen molar-refractivity contribution >= 4 is 15.9 Å². The normalized spacial score (nSPS) is 19.5. The molecule has 1 aliphatic rings. The van der Waals surface area contributed by atoms with Crippen LogP contribution in [-0.4, -0.2) is 10.7 Å². The molecule has 0 heterocycles. The van der Waals surface area contributed by atoms with E-state index < -0.39 is 5.60 Å². The SMILES string of the molecule is CC(O)(Cc1cc(F)cc(Br)c1)CC1CC1. The van der Waals surface area contributed by atoms with Crippen LogP contribution in [0.25, 0.3) is 0 Å². The summed E-state index contributed by atoms with van der Waals surface area (Å²) in [6, 6.07) is 4.79. The smallest absolute Gasteiger partial charge is 0.124 e. The molecule has 88 valence electrons. The first-order chi connectivity index (χ1) is 7.44. The molecule has 1 aromatic carbocycles. The van der Waals surface area contributed by atoms with Gasteiger partial charge in [0.2, 0.25) is 0 Å². The molecule has 0 radical (unpaired) electrons. The van der Waals surface area contributed by atoms with Crippen molar-refractivity contribution in [3.05, 3.63) is 34.1 Å². The maximum Gasteiger partial charge on any atom is 0.124 e. The summed E-state index contributed by atoms with van der Waals surface area (Å²) in [6.07, 6.45) is 3.78. The lowest BCUT2D eigenvalue weighted by atomic mass is 9.91. The van der Waals surface area contributed by atoms with Gasteiger partial charge in [-0.15, -0.1) is 0 Å². The zero-order valence-corrected chi connectivity index (χ0v) is 10.9. The standard InChI is InChI=1S/C13H16BrFO/c1-13(16,7-9-2-3-9)8-10-4-11(14)6-12(15)5-10/h4-6,9,16H,2-3,7-8H2,1H3. The Bertz CT molecular complexity index is 365. The van der Waals surface area contributed by atoms with Gasteiger partial charge < -0.3 is 5.11 Å². The fourth-order valence-corrected chi connectivity index (χ4v) is 2.68. The highest BCUT2D eigenvalue weighted by Crippen LogP contribution is 2.37. The molecule has 1 atom stereocenters. The number of rotatable bonds is 4. The van der Waals surface area contributed by atoms with Gasteiger partial charge in [0.05, 0.1) is 5.60 Å². The zero-order chi connectivity index (χ0) is 11.8. The third-order valence-corrected chi connectivity index (χ3v) is 3.39. The topological polar surface area (TPSA) is 20.2 Å². The zero-order valence-electron chi connectivity index (χ0n) is 9.34. The minimum absolute atomic E-state index is 0.258. The van der Waals surface area contributed by atoms with Crippen molar-refractivity contribution in [1.29, 1.82) is 0 Å². The van der Waals surface area contributed by atoms with Crippen molar-refractivity contribution in [3.8, 4) is 0 Å². The summed E-state index contributed by atoms with van der Waals surface area (Å²) in [6.45, 7) is 1.84. The van der Waals surface area contributed by atoms with Crippen molar-refractivity contribution < 1.29 is 9.50 Å². The molecule has 0 amide bonds. The van der Waals surface area contributed by atoms with Gasteiger partial charge in [0.1, 0.15) is 5.82 Å². The van der Waals surface area contributed by atoms with Gasteiger partial charge in [0.15, 0.2) is 0 Å². The summed E-state index contributed by atoms with van der Waals surface area (Å²) in [5.41, 5.74) is 0.131. The minimum Gasteiger partial charge on any atom is -0.390 e. The number of hydrogen-bond acceptors (Lipinski definition) is 1. The van der Waals surface area contributed by atoms with E-state index in [1.807, 2.05) is 13.0 Å². The van der Waals surface area contributed by atoms with Gasteiger partial charge in [-0.2, -0.15) is 0 Å². The highest BCUT2D eigenvalue weighted by molar-refractivity contribution is 9.10. The van der Waals surface area contributed by atoms with Crippen molar-refractivity contribution in [3.63, 3.8) is 0 Å². The second-order valence-electron chi connectivity index (χ2n) is 5.10. The first kappa shape index (κ1) is 12.1. The van der Waals surface area contributed by atoms with Gasteiger partial charge in [0, 0.05) is 10.9 Å². The Labute approximate surface area is 104 Å². The van der Waals surface area contributed by atoms with Crippen LogP contribution in [0.4, 0.5) is 4.39 Å². The molecule has 1 aromatic rings. The van der Waals surface area contributed by atoms with E-state index in [9.17, 15) is 9.50 Å². The Morgan fingerprint density at radius 2 is 2.12 bits per heavy atom. The lowest BCUT2D eigenvalue weighted by molar-refractivity contribution is 0.0454. The van der Waals surface area contributed by atoms with Crippen LogP contribution in [0.15, 0.2) is 22.7 Å². The number of aliphatic hydroxyl groups is 1. The number of halogens is 2. The lowest BCUT2D eigenvalue weighted by Gasteiger charge is -2.23. The van der Waals surface area contributed by atoms with Crippen LogP contribution in [0.2, 0.25) is 0 Å². The fourth-order valence-electron chi connectivity index (χ4n) is 2.17. The van der Waals surface area contributed by atoms with Gasteiger partial charge in [-0.05, 0) is 43.0 Å². The summed E-state index contributed by atoms with van der Waals surface area (Å²) < 4.78 is 13.9. The van der Waals surface area contributed by atoms with E-state index >= 15 is 0 Å². The van der Waals surface area contributed by atoms with Gasteiger partial charge in [-0.1, -0.05) is 28.8 Å². The largest absolute Gasteiger partial charge is 0.390 e. The molecule has 1 saturated carbocycles. The molecule has 1 N–H and O–H groups in total. The maximum absolute atomic E-state index is 13.2. The van der Waals surface area contributed by atoms with Crippen LogP contribution in [0, 0.1) is 11.7 Å². The first-order valence-corrected chi connectivity index (χ1v) is 6.41. The maximum atomic E-state index is 13.2. The Morgan fingerprint density at radius 3 is 2.69 bits per heavy atom. The molecule has 2 rings (SSSR count). The van der Waals surface area contributed by atoms with Crippen LogP contribution in [0.1, 0.15) is 31.7 Å². The van der Waals surface area contributed by atoms with Gasteiger partial charge in [-0.3, -0.25) is 0 Å². The quantitative estimate of drug-likeness (QED) is 0.895. The monoisotopic (exact) mass is 286 g/mol. The van der Waals surface area contributed by atoms with Crippen molar-refractivity contribution in [1.82, 2.24) is 0 Å². The molecule has 1 unspecified atom stereocenters. The lowest BCUT2D eigenvalue weighted by Crippen LogP contribution is -2.27. The van der Waals surface area contributed by atoms with Crippen molar-refractivity contribution in [2.45, 2.75) is 38.2 Å². The first-order valence-electron chi connectivity index (χ1n) is 5.62. The molecule has 0 bridgehead atoms. The van der Waals surface area contributed by atoms with E-state index in [0.29, 0.717) is 12.3 Å². The molecule has 0 aromatic heterocycles. The van der Waals surface area contributed by atoms with Crippen LogP contribution in [0.3, 0.4) is 0 Å². The average molecular weight is 287 g/mol. The molecule has 0 aliphatic heterocycles. The summed E-state index contributed by atoms with van der Waals surface area (Å²) in [4.78, 5) is 0. The molecule has 1 fully saturated rings. The highest BCUT2D eigenvalue weighted by atomic mass is 79.9. The Kier molecular flexibility index (Phi) is 3.36. The van der Waals surface area contributed by atoms with E-state index in [4.69, 9.17) is 0 Å². The fraction of sp³-hybridized carbons (Fsp3) is 0.538. The summed E-state index contributed by atoms with van der Waals surface area (Å²) in [7, 11) is 0. The van der Waals surface area contributed by atoms with Crippen LogP contribution < -0.4 is 0 Å². The van der Waals surface area contributed by atoms with Crippen LogP contribution >= 0.6 is 15.9 Å². The number of hydrogen-bond donors (Lipinski definition) is 1. The third kappa shape index (κ3) is 3.56. The molecule has 0 saturated heterocycles. The molecule has 3 heteroatoms. The van der Waals surface area contributed by atoms with Gasteiger partial charge >= 0.3 is 0 Å². The Hall–Kier alpha value is -0.410. The van der Waals surface area contributed by atoms with E-state index in [-0.39, 0.29) is 5.82 Å². The molecule has 0 spiro atoms. The molecular weight excluding hydrogens is 271 g/mol. The van der Waals surface area contributed by atoms with Crippen LogP contribution in [0.5, 0.6) is 0 Å². The second-order valence-corrected chi connectivity index (χ2v) is 6.01. The predicted octanol–water partition coefficient (Wildman–Crippen LogP) is 3.68. The minimum atomic E-state index is -0.714. The van der Waals surface area contributed by atoms with Crippen LogP contribution in [-0.2, 0) is 6.42 Å². The summed E-state index contributed by atoms with van der Waals surface area (Å²) in [5, 5.41) is 10.2.